The van der Waals surface area contributed by atoms with Crippen LogP contribution in [0.15, 0.2) is 67.0 Å². The number of likely N-dealkylation sites (tertiary alicyclic amines) is 1. The number of pyridine rings is 1. The molecule has 5 rings (SSSR count). The van der Waals surface area contributed by atoms with Crippen molar-refractivity contribution in [3.63, 3.8) is 0 Å². The van der Waals surface area contributed by atoms with Gasteiger partial charge in [-0.25, -0.2) is 0 Å². The smallest absolute Gasteiger partial charge is 0.161 e. The maximum atomic E-state index is 5.78. The van der Waals surface area contributed by atoms with Crippen LogP contribution in [-0.2, 0) is 6.54 Å². The lowest BCUT2D eigenvalue weighted by molar-refractivity contribution is 0.170. The molecular weight excluding hydrogens is 348 g/mol. The topological polar surface area (TPSA) is 34.6 Å². The lowest BCUT2D eigenvalue weighted by Crippen LogP contribution is -2.23. The lowest BCUT2D eigenvalue weighted by Gasteiger charge is -2.26. The summed E-state index contributed by atoms with van der Waals surface area (Å²) < 4.78 is 11.5. The summed E-state index contributed by atoms with van der Waals surface area (Å²) in [4.78, 5) is 6.79. The summed E-state index contributed by atoms with van der Waals surface area (Å²) in [6.07, 6.45) is 6.14. The molecule has 2 aliphatic rings. The molecule has 4 nitrogen and oxygen atoms in total. The summed E-state index contributed by atoms with van der Waals surface area (Å²) in [7, 11) is 0. The Hall–Kier alpha value is -2.85. The van der Waals surface area contributed by atoms with Crippen molar-refractivity contribution >= 4 is 0 Å². The standard InChI is InChI=1S/C24H24N2O2/c1-3-21(16-25-11-1)19-7-5-18(6-8-19)17-26-12-2-4-22(26)20-9-10-23-24(15-20)28-14-13-27-23/h1,3,5-11,15-16,22H,2,4,12-14,17H2. The van der Waals surface area contributed by atoms with Gasteiger partial charge in [-0.2, -0.15) is 0 Å². The molecule has 1 atom stereocenters. The number of rotatable bonds is 4. The molecule has 2 aliphatic heterocycles. The zero-order valence-electron chi connectivity index (χ0n) is 15.9. The predicted octanol–water partition coefficient (Wildman–Crippen LogP) is 4.86. The van der Waals surface area contributed by atoms with Crippen molar-refractivity contribution < 1.29 is 9.47 Å². The number of fused-ring (bicyclic) bond motifs is 1. The van der Waals surface area contributed by atoms with Crippen molar-refractivity contribution in [1.29, 1.82) is 0 Å². The van der Waals surface area contributed by atoms with Crippen molar-refractivity contribution in [2.45, 2.75) is 25.4 Å². The van der Waals surface area contributed by atoms with E-state index >= 15 is 0 Å². The molecule has 0 spiro atoms. The van der Waals surface area contributed by atoms with Gasteiger partial charge in [-0.3, -0.25) is 9.88 Å². The Morgan fingerprint density at radius 3 is 2.61 bits per heavy atom. The van der Waals surface area contributed by atoms with Gasteiger partial charge in [0.25, 0.3) is 0 Å². The van der Waals surface area contributed by atoms with Gasteiger partial charge in [-0.1, -0.05) is 36.4 Å². The molecule has 1 aromatic heterocycles. The maximum absolute atomic E-state index is 5.78. The normalized spacial score (nSPS) is 18.9. The molecule has 1 unspecified atom stereocenters. The van der Waals surface area contributed by atoms with Crippen molar-refractivity contribution in [3.05, 3.63) is 78.1 Å². The second-order valence-corrected chi connectivity index (χ2v) is 7.47. The van der Waals surface area contributed by atoms with Crippen LogP contribution in [0.1, 0.15) is 30.0 Å². The first kappa shape index (κ1) is 17.3. The van der Waals surface area contributed by atoms with Crippen LogP contribution in [0, 0.1) is 0 Å². The molecule has 0 amide bonds. The van der Waals surface area contributed by atoms with Crippen LogP contribution < -0.4 is 9.47 Å². The molecule has 0 saturated carbocycles. The quantitative estimate of drug-likeness (QED) is 0.655. The molecule has 0 radical (unpaired) electrons. The third-order valence-corrected chi connectivity index (χ3v) is 5.65. The fraction of sp³-hybridized carbons (Fsp3) is 0.292. The zero-order valence-corrected chi connectivity index (χ0v) is 15.9. The van der Waals surface area contributed by atoms with E-state index in [4.69, 9.17) is 9.47 Å². The maximum Gasteiger partial charge on any atom is 0.161 e. The van der Waals surface area contributed by atoms with E-state index < -0.39 is 0 Å². The van der Waals surface area contributed by atoms with Crippen LogP contribution in [0.4, 0.5) is 0 Å². The van der Waals surface area contributed by atoms with Gasteiger partial charge in [0, 0.05) is 25.0 Å². The summed E-state index contributed by atoms with van der Waals surface area (Å²) in [6, 6.07) is 19.8. The van der Waals surface area contributed by atoms with Crippen molar-refractivity contribution in [2.24, 2.45) is 0 Å². The largest absolute Gasteiger partial charge is 0.486 e. The number of aromatic nitrogens is 1. The molecule has 1 saturated heterocycles. The second kappa shape index (κ2) is 7.64. The van der Waals surface area contributed by atoms with Gasteiger partial charge in [0.2, 0.25) is 0 Å². The predicted molar refractivity (Wildman–Crippen MR) is 109 cm³/mol. The Labute approximate surface area is 165 Å². The van der Waals surface area contributed by atoms with Gasteiger partial charge in [0.1, 0.15) is 13.2 Å². The van der Waals surface area contributed by atoms with E-state index in [1.165, 1.54) is 29.5 Å². The van der Waals surface area contributed by atoms with Crippen LogP contribution in [-0.4, -0.2) is 29.6 Å². The first-order chi connectivity index (χ1) is 13.9. The molecular formula is C24H24N2O2. The van der Waals surface area contributed by atoms with Crippen molar-refractivity contribution in [1.82, 2.24) is 9.88 Å². The van der Waals surface area contributed by atoms with E-state index in [0.29, 0.717) is 19.3 Å². The highest BCUT2D eigenvalue weighted by Crippen LogP contribution is 2.38. The molecule has 3 aromatic rings. The van der Waals surface area contributed by atoms with Crippen LogP contribution >= 0.6 is 0 Å². The third kappa shape index (κ3) is 3.48. The minimum Gasteiger partial charge on any atom is -0.486 e. The molecule has 0 aliphatic carbocycles. The average Bonchev–Trinajstić information content (AvgIpc) is 3.23. The Morgan fingerprint density at radius 2 is 1.79 bits per heavy atom. The van der Waals surface area contributed by atoms with E-state index in [1.54, 1.807) is 0 Å². The molecule has 2 aromatic carbocycles. The van der Waals surface area contributed by atoms with Gasteiger partial charge in [0.15, 0.2) is 11.5 Å². The Bertz CT molecular complexity index is 941. The third-order valence-electron chi connectivity index (χ3n) is 5.65. The van der Waals surface area contributed by atoms with Crippen LogP contribution in [0.5, 0.6) is 11.5 Å². The number of benzene rings is 2. The molecule has 0 N–H and O–H groups in total. The van der Waals surface area contributed by atoms with Crippen LogP contribution in [0.2, 0.25) is 0 Å². The van der Waals surface area contributed by atoms with Gasteiger partial charge >= 0.3 is 0 Å². The highest BCUT2D eigenvalue weighted by molar-refractivity contribution is 5.62. The van der Waals surface area contributed by atoms with Gasteiger partial charge in [0.05, 0.1) is 0 Å². The first-order valence-electron chi connectivity index (χ1n) is 10.00. The Kier molecular flexibility index (Phi) is 4.71. The van der Waals surface area contributed by atoms with Crippen LogP contribution in [0.3, 0.4) is 0 Å². The Morgan fingerprint density at radius 1 is 0.929 bits per heavy atom. The van der Waals surface area contributed by atoms with E-state index in [-0.39, 0.29) is 0 Å². The van der Waals surface area contributed by atoms with Gasteiger partial charge < -0.3 is 9.47 Å². The summed E-state index contributed by atoms with van der Waals surface area (Å²) in [5, 5.41) is 0. The fourth-order valence-corrected chi connectivity index (χ4v) is 4.23. The van der Waals surface area contributed by atoms with E-state index in [1.807, 2.05) is 18.5 Å². The number of hydrogen-bond acceptors (Lipinski definition) is 4. The van der Waals surface area contributed by atoms with E-state index in [0.717, 1.165) is 30.2 Å². The van der Waals surface area contributed by atoms with E-state index in [2.05, 4.69) is 58.4 Å². The van der Waals surface area contributed by atoms with Gasteiger partial charge in [-0.15, -0.1) is 0 Å². The SMILES string of the molecule is c1cncc(-c2ccc(CN3CCCC3c3ccc4c(c3)OCCO4)cc2)c1. The highest BCUT2D eigenvalue weighted by atomic mass is 16.6. The van der Waals surface area contributed by atoms with Crippen molar-refractivity contribution in [3.8, 4) is 22.6 Å². The number of nitrogens with zero attached hydrogens (tertiary/aromatic N) is 2. The zero-order chi connectivity index (χ0) is 18.8. The monoisotopic (exact) mass is 372 g/mol. The minimum atomic E-state index is 0.439. The minimum absolute atomic E-state index is 0.439. The fourth-order valence-electron chi connectivity index (χ4n) is 4.23. The summed E-state index contributed by atoms with van der Waals surface area (Å²) >= 11 is 0. The molecule has 28 heavy (non-hydrogen) atoms. The van der Waals surface area contributed by atoms with Crippen LogP contribution in [0.25, 0.3) is 11.1 Å². The Balaban J connectivity index is 1.32. The van der Waals surface area contributed by atoms with E-state index in [9.17, 15) is 0 Å². The summed E-state index contributed by atoms with van der Waals surface area (Å²) in [6.45, 7) is 3.36. The highest BCUT2D eigenvalue weighted by Gasteiger charge is 2.27. The molecule has 142 valence electrons. The van der Waals surface area contributed by atoms with Gasteiger partial charge in [-0.05, 0) is 59.8 Å². The summed E-state index contributed by atoms with van der Waals surface area (Å²) in [5.41, 5.74) is 5.04. The second-order valence-electron chi connectivity index (χ2n) is 7.47. The lowest BCUT2D eigenvalue weighted by atomic mass is 10.0. The average molecular weight is 372 g/mol. The summed E-state index contributed by atoms with van der Waals surface area (Å²) in [5.74, 6) is 1.75. The molecule has 4 heteroatoms. The molecule has 0 bridgehead atoms. The molecule has 3 heterocycles. The number of ether oxygens (including phenoxy) is 2. The first-order valence-corrected chi connectivity index (χ1v) is 10.00. The van der Waals surface area contributed by atoms with Crippen molar-refractivity contribution in [2.75, 3.05) is 19.8 Å². The number of hydrogen-bond donors (Lipinski definition) is 0. The molecule has 1 fully saturated rings.